The number of aryl methyl sites for hydroxylation is 1. The van der Waals surface area contributed by atoms with Crippen LogP contribution in [-0.2, 0) is 21.2 Å². The number of nitrogens with zero attached hydrogens (tertiary/aromatic N) is 1. The fourth-order valence-electron chi connectivity index (χ4n) is 3.55. The summed E-state index contributed by atoms with van der Waals surface area (Å²) in [6.07, 6.45) is 0.929. The van der Waals surface area contributed by atoms with E-state index < -0.39 is 22.5 Å². The first kappa shape index (κ1) is 25.1. The van der Waals surface area contributed by atoms with Crippen LogP contribution in [0.5, 0.6) is 11.5 Å². The van der Waals surface area contributed by atoms with Crippen LogP contribution in [0.25, 0.3) is 0 Å². The lowest BCUT2D eigenvalue weighted by Crippen LogP contribution is -2.41. The van der Waals surface area contributed by atoms with Gasteiger partial charge in [0.05, 0.1) is 30.8 Å². The highest BCUT2D eigenvalue weighted by atomic mass is 32.2. The molecule has 1 amide bonds. The summed E-state index contributed by atoms with van der Waals surface area (Å²) in [6.45, 7) is 3.53. The summed E-state index contributed by atoms with van der Waals surface area (Å²) in [5.74, 6) is 0.439. The molecule has 0 aliphatic rings. The van der Waals surface area contributed by atoms with Crippen molar-refractivity contribution in [3.05, 3.63) is 83.9 Å². The van der Waals surface area contributed by atoms with Crippen LogP contribution < -0.4 is 19.1 Å². The molecule has 1 atom stereocenters. The quantitative estimate of drug-likeness (QED) is 0.465. The molecule has 1 N–H and O–H groups in total. The Morgan fingerprint density at radius 2 is 1.59 bits per heavy atom. The number of benzene rings is 3. The van der Waals surface area contributed by atoms with Gasteiger partial charge in [-0.1, -0.05) is 43.3 Å². The number of methoxy groups -OCH3 is 2. The molecular formula is C26H30N2O5S. The Balaban J connectivity index is 1.91. The number of hydrogen-bond donors (Lipinski definition) is 1. The first-order valence-corrected chi connectivity index (χ1v) is 12.4. The molecule has 0 radical (unpaired) electrons. The van der Waals surface area contributed by atoms with Crippen molar-refractivity contribution in [2.45, 2.75) is 31.2 Å². The number of sulfonamides is 1. The van der Waals surface area contributed by atoms with Crippen molar-refractivity contribution in [1.82, 2.24) is 5.32 Å². The van der Waals surface area contributed by atoms with Crippen molar-refractivity contribution in [3.8, 4) is 11.5 Å². The maximum atomic E-state index is 13.6. The lowest BCUT2D eigenvalue weighted by molar-refractivity contribution is -0.120. The van der Waals surface area contributed by atoms with E-state index in [4.69, 9.17) is 9.47 Å². The minimum atomic E-state index is -4.08. The van der Waals surface area contributed by atoms with Crippen LogP contribution in [0.2, 0.25) is 0 Å². The van der Waals surface area contributed by atoms with E-state index in [1.165, 1.54) is 31.9 Å². The van der Waals surface area contributed by atoms with Crippen molar-refractivity contribution >= 4 is 21.6 Å². The van der Waals surface area contributed by atoms with Crippen molar-refractivity contribution < 1.29 is 22.7 Å². The standard InChI is InChI=1S/C26H30N2O5S/c1-5-20-10-12-21(13-11-20)19(2)27-26(29)18-28(24-8-6-7-9-25(24)33-4)34(30,31)23-16-14-22(32-3)15-17-23/h6-17,19H,5,18H2,1-4H3,(H,27,29)/t19-/m1/s1. The molecule has 34 heavy (non-hydrogen) atoms. The first-order chi connectivity index (χ1) is 16.3. The van der Waals surface area contributed by atoms with Gasteiger partial charge in [0, 0.05) is 0 Å². The number of anilines is 1. The molecule has 0 fully saturated rings. The Bertz CT molecular complexity index is 1210. The molecule has 0 aliphatic carbocycles. The zero-order valence-electron chi connectivity index (χ0n) is 19.8. The molecule has 0 unspecified atom stereocenters. The van der Waals surface area contributed by atoms with E-state index >= 15 is 0 Å². The normalized spacial score (nSPS) is 12.0. The number of carbonyl (C=O) groups is 1. The molecule has 0 aromatic heterocycles. The van der Waals surface area contributed by atoms with Crippen LogP contribution in [0.4, 0.5) is 5.69 Å². The summed E-state index contributed by atoms with van der Waals surface area (Å²) in [6, 6.07) is 20.4. The number of ether oxygens (including phenoxy) is 2. The second-order valence-corrected chi connectivity index (χ2v) is 9.61. The molecule has 7 nitrogen and oxygen atoms in total. The minimum absolute atomic E-state index is 0.0372. The van der Waals surface area contributed by atoms with Gasteiger partial charge in [0.1, 0.15) is 18.0 Å². The Morgan fingerprint density at radius 1 is 0.941 bits per heavy atom. The van der Waals surface area contributed by atoms with Gasteiger partial charge in [-0.3, -0.25) is 9.10 Å². The molecule has 0 heterocycles. The summed E-state index contributed by atoms with van der Waals surface area (Å²) in [4.78, 5) is 13.1. The highest BCUT2D eigenvalue weighted by Crippen LogP contribution is 2.32. The Hall–Kier alpha value is -3.52. The summed E-state index contributed by atoms with van der Waals surface area (Å²) in [5.41, 5.74) is 2.42. The molecule has 0 saturated carbocycles. The predicted molar refractivity (Wildman–Crippen MR) is 133 cm³/mol. The van der Waals surface area contributed by atoms with Crippen molar-refractivity contribution in [2.75, 3.05) is 25.1 Å². The molecular weight excluding hydrogens is 452 g/mol. The summed E-state index contributed by atoms with van der Waals surface area (Å²) >= 11 is 0. The van der Waals surface area contributed by atoms with Crippen LogP contribution in [0.1, 0.15) is 31.0 Å². The minimum Gasteiger partial charge on any atom is -0.497 e. The van der Waals surface area contributed by atoms with Crippen molar-refractivity contribution in [2.24, 2.45) is 0 Å². The third kappa shape index (κ3) is 5.69. The van der Waals surface area contributed by atoms with Crippen molar-refractivity contribution in [3.63, 3.8) is 0 Å². The first-order valence-electron chi connectivity index (χ1n) is 11.0. The molecule has 3 aromatic carbocycles. The zero-order valence-corrected chi connectivity index (χ0v) is 20.6. The highest BCUT2D eigenvalue weighted by Gasteiger charge is 2.29. The van der Waals surface area contributed by atoms with Crippen molar-refractivity contribution in [1.29, 1.82) is 0 Å². The fourth-order valence-corrected chi connectivity index (χ4v) is 4.98. The van der Waals surface area contributed by atoms with E-state index in [9.17, 15) is 13.2 Å². The largest absolute Gasteiger partial charge is 0.497 e. The number of hydrogen-bond acceptors (Lipinski definition) is 5. The van der Waals surface area contributed by atoms with Gasteiger partial charge in [0.15, 0.2) is 0 Å². The number of amides is 1. The molecule has 3 rings (SSSR count). The number of nitrogens with one attached hydrogen (secondary N) is 1. The van der Waals surface area contributed by atoms with Gasteiger partial charge in [0.25, 0.3) is 10.0 Å². The Morgan fingerprint density at radius 3 is 2.18 bits per heavy atom. The molecule has 180 valence electrons. The maximum absolute atomic E-state index is 13.6. The fraction of sp³-hybridized carbons (Fsp3) is 0.269. The van der Waals surface area contributed by atoms with Crippen LogP contribution >= 0.6 is 0 Å². The van der Waals surface area contributed by atoms with Gasteiger partial charge in [-0.2, -0.15) is 0 Å². The topological polar surface area (TPSA) is 84.9 Å². The van der Waals surface area contributed by atoms with Crippen LogP contribution in [0.3, 0.4) is 0 Å². The van der Waals surface area contributed by atoms with E-state index in [-0.39, 0.29) is 16.6 Å². The van der Waals surface area contributed by atoms with E-state index in [1.54, 1.807) is 36.4 Å². The second-order valence-electron chi connectivity index (χ2n) is 7.74. The molecule has 3 aromatic rings. The average molecular weight is 483 g/mol. The second kappa shape index (κ2) is 11.1. The number of para-hydroxylation sites is 2. The Labute approximate surface area is 201 Å². The Kier molecular flexibility index (Phi) is 8.17. The SMILES string of the molecule is CCc1ccc([C@@H](C)NC(=O)CN(c2ccccc2OC)S(=O)(=O)c2ccc(OC)cc2)cc1. The average Bonchev–Trinajstić information content (AvgIpc) is 2.87. The number of rotatable bonds is 10. The monoisotopic (exact) mass is 482 g/mol. The molecule has 0 bridgehead atoms. The third-order valence-corrected chi connectivity index (χ3v) is 7.33. The molecule has 0 aliphatic heterocycles. The maximum Gasteiger partial charge on any atom is 0.264 e. The van der Waals surface area contributed by atoms with Crippen LogP contribution in [0.15, 0.2) is 77.7 Å². The van der Waals surface area contributed by atoms with Gasteiger partial charge in [-0.25, -0.2) is 8.42 Å². The predicted octanol–water partition coefficient (Wildman–Crippen LogP) is 4.34. The third-order valence-electron chi connectivity index (χ3n) is 5.55. The highest BCUT2D eigenvalue weighted by molar-refractivity contribution is 7.92. The summed E-state index contributed by atoms with van der Waals surface area (Å²) < 4.78 is 38.8. The molecule has 0 saturated heterocycles. The molecule has 0 spiro atoms. The van der Waals surface area contributed by atoms with E-state index in [1.807, 2.05) is 31.2 Å². The van der Waals surface area contributed by atoms with E-state index in [2.05, 4.69) is 12.2 Å². The number of carbonyl (C=O) groups excluding carboxylic acids is 1. The summed E-state index contributed by atoms with van der Waals surface area (Å²) in [7, 11) is -1.12. The van der Waals surface area contributed by atoms with Gasteiger partial charge in [0.2, 0.25) is 5.91 Å². The van der Waals surface area contributed by atoms with E-state index in [0.29, 0.717) is 11.5 Å². The zero-order chi connectivity index (χ0) is 24.7. The van der Waals surface area contributed by atoms with Gasteiger partial charge < -0.3 is 14.8 Å². The van der Waals surface area contributed by atoms with Crippen LogP contribution in [-0.4, -0.2) is 35.1 Å². The van der Waals surface area contributed by atoms with E-state index in [0.717, 1.165) is 16.3 Å². The molecule has 8 heteroatoms. The lowest BCUT2D eigenvalue weighted by Gasteiger charge is -2.26. The van der Waals surface area contributed by atoms with Gasteiger partial charge in [-0.05, 0) is 60.9 Å². The smallest absolute Gasteiger partial charge is 0.264 e. The van der Waals surface area contributed by atoms with Gasteiger partial charge >= 0.3 is 0 Å². The summed E-state index contributed by atoms with van der Waals surface area (Å²) in [5, 5.41) is 2.91. The van der Waals surface area contributed by atoms with Crippen LogP contribution in [0, 0.1) is 0 Å². The van der Waals surface area contributed by atoms with Gasteiger partial charge in [-0.15, -0.1) is 0 Å². The lowest BCUT2D eigenvalue weighted by atomic mass is 10.1.